The number of aromatic nitrogens is 3. The highest BCUT2D eigenvalue weighted by Crippen LogP contribution is 2.23. The Morgan fingerprint density at radius 3 is 2.52 bits per heavy atom. The number of aryl methyl sites for hydroxylation is 1. The fourth-order valence-electron chi connectivity index (χ4n) is 4.24. The van der Waals surface area contributed by atoms with Crippen LogP contribution in [0.2, 0.25) is 0 Å². The quantitative estimate of drug-likeness (QED) is 0.331. The van der Waals surface area contributed by atoms with Crippen molar-refractivity contribution in [2.24, 2.45) is 5.92 Å². The first-order valence-corrected chi connectivity index (χ1v) is 13.7. The van der Waals surface area contributed by atoms with Gasteiger partial charge >= 0.3 is 6.09 Å². The summed E-state index contributed by atoms with van der Waals surface area (Å²) in [7, 11) is 6.22. The van der Waals surface area contributed by atoms with Crippen LogP contribution >= 0.6 is 0 Å². The summed E-state index contributed by atoms with van der Waals surface area (Å²) in [6, 6.07) is 4.97. The van der Waals surface area contributed by atoms with Crippen molar-refractivity contribution in [1.29, 1.82) is 0 Å². The first-order chi connectivity index (χ1) is 19.8. The Labute approximate surface area is 244 Å². The van der Waals surface area contributed by atoms with Gasteiger partial charge in [-0.25, -0.2) is 9.18 Å². The van der Waals surface area contributed by atoms with Crippen molar-refractivity contribution in [3.8, 4) is 0 Å². The number of halogens is 1. The average molecular weight is 583 g/mol. The second kappa shape index (κ2) is 13.9. The second-order valence-electron chi connectivity index (χ2n) is 11.0. The van der Waals surface area contributed by atoms with Crippen LogP contribution in [0, 0.1) is 18.7 Å². The lowest BCUT2D eigenvalue weighted by Crippen LogP contribution is -2.38. The van der Waals surface area contributed by atoms with Crippen molar-refractivity contribution in [2.45, 2.75) is 52.7 Å². The molecule has 0 radical (unpaired) electrons. The standard InChI is InChI=1S/C30H39FN6O5/c1-18(2)14-21-22(31)16-32-24-15-20(33-27(21)24)17-37-19(3)12-13-23(29(37)40)34-28(39)25(42-30(41)36(6)7)10-8-9-11-26(38)35(4)5/h9,11-13,15-16,18,25,33H,8,10,14,17H2,1-7H3,(H,34,39)/b11-9+/t25-/m0/s1. The smallest absolute Gasteiger partial charge is 0.410 e. The summed E-state index contributed by atoms with van der Waals surface area (Å²) < 4.78 is 21.4. The number of hydrogen-bond donors (Lipinski definition) is 2. The van der Waals surface area contributed by atoms with E-state index in [-0.39, 0.29) is 42.7 Å². The topological polar surface area (TPSA) is 130 Å². The van der Waals surface area contributed by atoms with E-state index in [1.165, 1.54) is 46.8 Å². The highest BCUT2D eigenvalue weighted by Gasteiger charge is 2.25. The maximum atomic E-state index is 14.5. The van der Waals surface area contributed by atoms with E-state index in [1.54, 1.807) is 39.2 Å². The summed E-state index contributed by atoms with van der Waals surface area (Å²) in [5.74, 6) is -1.03. The van der Waals surface area contributed by atoms with Gasteiger partial charge in [0.05, 0.1) is 23.8 Å². The number of pyridine rings is 2. The van der Waals surface area contributed by atoms with Gasteiger partial charge < -0.3 is 29.4 Å². The molecule has 12 heteroatoms. The van der Waals surface area contributed by atoms with Crippen LogP contribution in [-0.2, 0) is 27.3 Å². The molecule has 0 aliphatic heterocycles. The fourth-order valence-corrected chi connectivity index (χ4v) is 4.24. The van der Waals surface area contributed by atoms with Crippen molar-refractivity contribution in [3.63, 3.8) is 0 Å². The number of aromatic amines is 1. The van der Waals surface area contributed by atoms with Gasteiger partial charge in [0, 0.05) is 45.1 Å². The van der Waals surface area contributed by atoms with E-state index in [9.17, 15) is 23.6 Å². The lowest BCUT2D eigenvalue weighted by atomic mass is 10.0. The summed E-state index contributed by atoms with van der Waals surface area (Å²) in [5.41, 5.74) is 2.59. The first-order valence-electron chi connectivity index (χ1n) is 13.7. The Kier molecular flexibility index (Phi) is 10.6. The minimum Gasteiger partial charge on any atom is -0.436 e. The molecule has 42 heavy (non-hydrogen) atoms. The lowest BCUT2D eigenvalue weighted by molar-refractivity contribution is -0.125. The van der Waals surface area contributed by atoms with Crippen LogP contribution in [0.25, 0.3) is 11.0 Å². The number of H-pyrrole nitrogens is 1. The highest BCUT2D eigenvalue weighted by atomic mass is 19.1. The molecular formula is C30H39FN6O5. The molecule has 0 fully saturated rings. The Bertz CT molecular complexity index is 1540. The van der Waals surface area contributed by atoms with Gasteiger partial charge in [-0.3, -0.25) is 19.4 Å². The zero-order valence-corrected chi connectivity index (χ0v) is 25.2. The molecule has 0 saturated heterocycles. The molecule has 226 valence electrons. The predicted molar refractivity (Wildman–Crippen MR) is 159 cm³/mol. The maximum absolute atomic E-state index is 14.5. The fraction of sp³-hybridized carbons (Fsp3) is 0.433. The Hall–Kier alpha value is -4.48. The Morgan fingerprint density at radius 2 is 1.88 bits per heavy atom. The molecule has 0 spiro atoms. The van der Waals surface area contributed by atoms with E-state index in [2.05, 4.69) is 15.3 Å². The number of carbonyl (C=O) groups is 3. The van der Waals surface area contributed by atoms with E-state index >= 15 is 0 Å². The molecule has 3 aromatic rings. The number of hydrogen-bond acceptors (Lipinski definition) is 6. The summed E-state index contributed by atoms with van der Waals surface area (Å²) in [6.07, 6.45) is 3.17. The van der Waals surface area contributed by atoms with Crippen LogP contribution in [0.3, 0.4) is 0 Å². The molecule has 3 aromatic heterocycles. The lowest BCUT2D eigenvalue weighted by Gasteiger charge is -2.20. The molecule has 3 amide bonds. The van der Waals surface area contributed by atoms with E-state index in [0.717, 1.165) is 0 Å². The van der Waals surface area contributed by atoms with Crippen LogP contribution < -0.4 is 10.9 Å². The third-order valence-electron chi connectivity index (χ3n) is 6.55. The van der Waals surface area contributed by atoms with Gasteiger partial charge in [-0.2, -0.15) is 0 Å². The van der Waals surface area contributed by atoms with Crippen molar-refractivity contribution < 1.29 is 23.5 Å². The summed E-state index contributed by atoms with van der Waals surface area (Å²) >= 11 is 0. The van der Waals surface area contributed by atoms with Gasteiger partial charge in [-0.05, 0) is 56.4 Å². The van der Waals surface area contributed by atoms with Crippen LogP contribution in [0.4, 0.5) is 14.9 Å². The monoisotopic (exact) mass is 582 g/mol. The number of amides is 3. The summed E-state index contributed by atoms with van der Waals surface area (Å²) in [5, 5.41) is 2.60. The third kappa shape index (κ3) is 8.05. The molecule has 0 aliphatic rings. The molecule has 3 rings (SSSR count). The zero-order chi connectivity index (χ0) is 31.1. The van der Waals surface area contributed by atoms with Gasteiger partial charge in [0.25, 0.3) is 11.5 Å². The number of nitrogens with zero attached hydrogens (tertiary/aromatic N) is 4. The van der Waals surface area contributed by atoms with Crippen LogP contribution in [0.15, 0.2) is 41.3 Å². The molecule has 0 unspecified atom stereocenters. The zero-order valence-electron chi connectivity index (χ0n) is 25.2. The maximum Gasteiger partial charge on any atom is 0.410 e. The Morgan fingerprint density at radius 1 is 1.17 bits per heavy atom. The number of anilines is 1. The second-order valence-corrected chi connectivity index (χ2v) is 11.0. The van der Waals surface area contributed by atoms with E-state index in [0.29, 0.717) is 34.4 Å². The normalized spacial score (nSPS) is 12.1. The minimum absolute atomic E-state index is 0.00982. The van der Waals surface area contributed by atoms with Crippen molar-refractivity contribution in [1.82, 2.24) is 24.3 Å². The first kappa shape index (κ1) is 32.0. The van der Waals surface area contributed by atoms with Crippen LogP contribution in [0.5, 0.6) is 0 Å². The number of ether oxygens (including phenoxy) is 1. The molecule has 0 bridgehead atoms. The van der Waals surface area contributed by atoms with Gasteiger partial charge in [-0.15, -0.1) is 0 Å². The number of fused-ring (bicyclic) bond motifs is 1. The molecule has 0 aliphatic carbocycles. The van der Waals surface area contributed by atoms with E-state index < -0.39 is 23.7 Å². The van der Waals surface area contributed by atoms with E-state index in [1.807, 2.05) is 13.8 Å². The largest absolute Gasteiger partial charge is 0.436 e. The molecule has 0 aromatic carbocycles. The molecular weight excluding hydrogens is 543 g/mol. The van der Waals surface area contributed by atoms with Crippen molar-refractivity contribution in [2.75, 3.05) is 33.5 Å². The highest BCUT2D eigenvalue weighted by molar-refractivity contribution is 5.95. The molecule has 1 atom stereocenters. The summed E-state index contributed by atoms with van der Waals surface area (Å²) in [4.78, 5) is 60.7. The van der Waals surface area contributed by atoms with Crippen molar-refractivity contribution in [3.05, 3.63) is 69.7 Å². The third-order valence-corrected chi connectivity index (χ3v) is 6.55. The molecule has 2 N–H and O–H groups in total. The van der Waals surface area contributed by atoms with E-state index in [4.69, 9.17) is 4.74 Å². The SMILES string of the molecule is Cc1ccc(NC(=O)[C@H](CC/C=C/C(=O)N(C)C)OC(=O)N(C)C)c(=O)n1Cc1cc2ncc(F)c(CC(C)C)c2[nH]1. The minimum atomic E-state index is -1.21. The van der Waals surface area contributed by atoms with Gasteiger partial charge in [0.15, 0.2) is 6.10 Å². The average Bonchev–Trinajstić information content (AvgIpc) is 3.34. The van der Waals surface area contributed by atoms with Crippen LogP contribution in [-0.4, -0.2) is 76.5 Å². The number of allylic oxidation sites excluding steroid dienone is 1. The predicted octanol–water partition coefficient (Wildman–Crippen LogP) is 3.85. The molecule has 11 nitrogen and oxygen atoms in total. The van der Waals surface area contributed by atoms with Gasteiger partial charge in [0.2, 0.25) is 5.91 Å². The van der Waals surface area contributed by atoms with Crippen LogP contribution in [0.1, 0.15) is 43.6 Å². The van der Waals surface area contributed by atoms with Gasteiger partial charge in [-0.1, -0.05) is 19.9 Å². The molecule has 0 saturated carbocycles. The molecule has 3 heterocycles. The van der Waals surface area contributed by atoms with Crippen molar-refractivity contribution >= 4 is 34.6 Å². The summed E-state index contributed by atoms with van der Waals surface area (Å²) in [6.45, 7) is 5.91. The number of carbonyl (C=O) groups excluding carboxylic acids is 3. The number of rotatable bonds is 11. The number of nitrogens with one attached hydrogen (secondary N) is 2. The Balaban J connectivity index is 1.84. The number of likely N-dealkylation sites (N-methyl/N-ethyl adjacent to an activating group) is 1. The van der Waals surface area contributed by atoms with Gasteiger partial charge in [0.1, 0.15) is 11.5 Å².